The second-order valence-electron chi connectivity index (χ2n) is 7.53. The van der Waals surface area contributed by atoms with E-state index in [0.29, 0.717) is 10.9 Å². The maximum atomic E-state index is 13.3. The minimum atomic E-state index is -0.321. The number of unbranched alkanes of at least 4 members (excludes halogenated alkanes) is 3. The van der Waals surface area contributed by atoms with Gasteiger partial charge in [-0.3, -0.25) is 9.59 Å². The van der Waals surface area contributed by atoms with Crippen molar-refractivity contribution in [2.75, 3.05) is 5.32 Å². The summed E-state index contributed by atoms with van der Waals surface area (Å²) >= 11 is 3.45. The van der Waals surface area contributed by atoms with Crippen molar-refractivity contribution in [3.8, 4) is 0 Å². The maximum absolute atomic E-state index is 13.3. The first-order chi connectivity index (χ1) is 13.9. The van der Waals surface area contributed by atoms with Gasteiger partial charge in [-0.2, -0.15) is 0 Å². The number of para-hydroxylation sites is 1. The molecule has 1 amide bonds. The Bertz CT molecular complexity index is 931. The predicted molar refractivity (Wildman–Crippen MR) is 125 cm³/mol. The van der Waals surface area contributed by atoms with Gasteiger partial charge in [0.05, 0.1) is 4.47 Å². The smallest absolute Gasteiger partial charge is 0.261 e. The Morgan fingerprint density at radius 1 is 1.07 bits per heavy atom. The average molecular weight is 461 g/mol. The highest BCUT2D eigenvalue weighted by atomic mass is 79.9. The highest BCUT2D eigenvalue weighted by molar-refractivity contribution is 9.10. The first kappa shape index (κ1) is 23.4. The van der Waals surface area contributed by atoms with Gasteiger partial charge in [0.2, 0.25) is 5.43 Å². The minimum Gasteiger partial charge on any atom is -0.347 e. The van der Waals surface area contributed by atoms with Gasteiger partial charge in [0.25, 0.3) is 5.91 Å². The normalized spacial score (nSPS) is 11.0. The Kier molecular flexibility index (Phi) is 8.69. The number of nitrogens with zero attached hydrogens (tertiary/aromatic N) is 1. The average Bonchev–Trinajstić information content (AvgIpc) is 2.71. The summed E-state index contributed by atoms with van der Waals surface area (Å²) in [5.41, 5.74) is 4.62. The lowest BCUT2D eigenvalue weighted by Crippen LogP contribution is -2.30. The molecule has 1 N–H and O–H groups in total. The number of hydrogen-bond acceptors (Lipinski definition) is 2. The van der Waals surface area contributed by atoms with Crippen LogP contribution >= 0.6 is 15.9 Å². The van der Waals surface area contributed by atoms with Gasteiger partial charge in [-0.05, 0) is 60.2 Å². The second-order valence-corrected chi connectivity index (χ2v) is 8.33. The number of amides is 1. The largest absolute Gasteiger partial charge is 0.347 e. The number of aryl methyl sites for hydroxylation is 2. The zero-order valence-corrected chi connectivity index (χ0v) is 19.9. The van der Waals surface area contributed by atoms with Crippen molar-refractivity contribution in [2.24, 2.45) is 0 Å². The van der Waals surface area contributed by atoms with E-state index in [1.807, 2.05) is 39.0 Å². The van der Waals surface area contributed by atoms with Crippen LogP contribution in [0.4, 0.5) is 5.69 Å². The molecule has 0 saturated carbocycles. The number of hydrogen-bond donors (Lipinski definition) is 1. The Morgan fingerprint density at radius 2 is 1.79 bits per heavy atom. The summed E-state index contributed by atoms with van der Waals surface area (Å²) in [5, 5.41) is 3.04. The van der Waals surface area contributed by atoms with Crippen molar-refractivity contribution in [2.45, 2.75) is 79.7 Å². The molecule has 0 spiro atoms. The number of carbonyl (C=O) groups is 1. The first-order valence-corrected chi connectivity index (χ1v) is 11.5. The van der Waals surface area contributed by atoms with Gasteiger partial charge in [0.15, 0.2) is 0 Å². The van der Waals surface area contributed by atoms with Gasteiger partial charge >= 0.3 is 0 Å². The summed E-state index contributed by atoms with van der Waals surface area (Å²) in [6, 6.07) is 5.99. The van der Waals surface area contributed by atoms with Gasteiger partial charge in [-0.25, -0.2) is 0 Å². The van der Waals surface area contributed by atoms with Crippen LogP contribution in [0.5, 0.6) is 0 Å². The lowest BCUT2D eigenvalue weighted by Gasteiger charge is -2.21. The van der Waals surface area contributed by atoms with Crippen molar-refractivity contribution in [3.05, 3.63) is 61.0 Å². The molecule has 1 heterocycles. The van der Waals surface area contributed by atoms with Gasteiger partial charge in [-0.15, -0.1) is 0 Å². The third-order valence-electron chi connectivity index (χ3n) is 5.54. The van der Waals surface area contributed by atoms with Crippen molar-refractivity contribution in [1.29, 1.82) is 0 Å². The van der Waals surface area contributed by atoms with E-state index in [0.717, 1.165) is 54.0 Å². The van der Waals surface area contributed by atoms with E-state index in [9.17, 15) is 9.59 Å². The SMILES string of the molecule is CCCCCCn1c(C)c(Br)c(=O)c(C(=O)Nc2c(C)cccc2CC)c1CC. The molecule has 0 aliphatic carbocycles. The number of rotatable bonds is 9. The number of benzene rings is 1. The van der Waals surface area contributed by atoms with Crippen LogP contribution < -0.4 is 10.7 Å². The van der Waals surface area contributed by atoms with E-state index < -0.39 is 0 Å². The zero-order valence-electron chi connectivity index (χ0n) is 18.3. The molecule has 0 radical (unpaired) electrons. The van der Waals surface area contributed by atoms with Crippen LogP contribution in [0.2, 0.25) is 0 Å². The molecule has 0 aliphatic rings. The molecule has 0 bridgehead atoms. The predicted octanol–water partition coefficient (Wildman–Crippen LogP) is 6.19. The summed E-state index contributed by atoms with van der Waals surface area (Å²) in [7, 11) is 0. The molecule has 4 nitrogen and oxygen atoms in total. The lowest BCUT2D eigenvalue weighted by atomic mass is 10.0. The molecule has 2 rings (SSSR count). The summed E-state index contributed by atoms with van der Waals surface area (Å²) in [4.78, 5) is 26.3. The third-order valence-corrected chi connectivity index (χ3v) is 6.47. The molecule has 29 heavy (non-hydrogen) atoms. The van der Waals surface area contributed by atoms with Gasteiger partial charge in [0, 0.05) is 23.6 Å². The first-order valence-electron chi connectivity index (χ1n) is 10.7. The fraction of sp³-hybridized carbons (Fsp3) is 0.500. The van der Waals surface area contributed by atoms with Crippen LogP contribution in [0, 0.1) is 13.8 Å². The molecule has 5 heteroatoms. The quantitative estimate of drug-likeness (QED) is 0.453. The summed E-state index contributed by atoms with van der Waals surface area (Å²) in [6.07, 6.45) is 6.01. The number of halogens is 1. The molecule has 0 fully saturated rings. The van der Waals surface area contributed by atoms with Crippen molar-refractivity contribution >= 4 is 27.5 Å². The topological polar surface area (TPSA) is 51.1 Å². The van der Waals surface area contributed by atoms with Gasteiger partial charge in [-0.1, -0.05) is 58.2 Å². The molecule has 1 aromatic carbocycles. The van der Waals surface area contributed by atoms with E-state index in [-0.39, 0.29) is 16.9 Å². The monoisotopic (exact) mass is 460 g/mol. The fourth-order valence-electron chi connectivity index (χ4n) is 3.84. The Labute approximate surface area is 182 Å². The van der Waals surface area contributed by atoms with Gasteiger partial charge < -0.3 is 9.88 Å². The maximum Gasteiger partial charge on any atom is 0.261 e. The molecule has 0 atom stereocenters. The fourth-order valence-corrected chi connectivity index (χ4v) is 4.25. The van der Waals surface area contributed by atoms with E-state index >= 15 is 0 Å². The number of aromatic nitrogens is 1. The molecule has 1 aromatic heterocycles. The Morgan fingerprint density at radius 3 is 2.41 bits per heavy atom. The lowest BCUT2D eigenvalue weighted by molar-refractivity contribution is 0.102. The molecular formula is C24H33BrN2O2. The number of carbonyl (C=O) groups excluding carboxylic acids is 1. The van der Waals surface area contributed by atoms with Crippen molar-refractivity contribution < 1.29 is 4.79 Å². The van der Waals surface area contributed by atoms with Crippen molar-refractivity contribution in [3.63, 3.8) is 0 Å². The standard InChI is InChI=1S/C24H33BrN2O2/c1-6-9-10-11-15-27-17(5)21(25)23(28)20(19(27)8-3)24(29)26-22-16(4)13-12-14-18(22)7-2/h12-14H,6-11,15H2,1-5H3,(H,26,29). The number of pyridine rings is 1. The molecule has 0 saturated heterocycles. The minimum absolute atomic E-state index is 0.228. The Hall–Kier alpha value is -1.88. The van der Waals surface area contributed by atoms with Crippen molar-refractivity contribution in [1.82, 2.24) is 4.57 Å². The van der Waals surface area contributed by atoms with E-state index in [4.69, 9.17) is 0 Å². The summed E-state index contributed by atoms with van der Waals surface area (Å²) in [5.74, 6) is -0.321. The molecule has 158 valence electrons. The van der Waals surface area contributed by atoms with Crippen LogP contribution in [-0.4, -0.2) is 10.5 Å². The molecule has 2 aromatic rings. The van der Waals surface area contributed by atoms with Crippen LogP contribution in [0.3, 0.4) is 0 Å². The summed E-state index contributed by atoms with van der Waals surface area (Å²) in [6.45, 7) is 11.0. The Balaban J connectivity index is 2.50. The number of anilines is 1. The van der Waals surface area contributed by atoms with Crippen LogP contribution in [-0.2, 0) is 19.4 Å². The van der Waals surface area contributed by atoms with Gasteiger partial charge in [0.1, 0.15) is 5.56 Å². The molecule has 0 unspecified atom stereocenters. The van der Waals surface area contributed by atoms with E-state index in [1.165, 1.54) is 12.8 Å². The molecule has 0 aliphatic heterocycles. The van der Waals surface area contributed by atoms with Crippen LogP contribution in [0.25, 0.3) is 0 Å². The number of nitrogens with one attached hydrogen (secondary N) is 1. The summed E-state index contributed by atoms with van der Waals surface area (Å²) < 4.78 is 2.63. The van der Waals surface area contributed by atoms with Crippen LogP contribution in [0.1, 0.15) is 79.3 Å². The van der Waals surface area contributed by atoms with Crippen LogP contribution in [0.15, 0.2) is 27.5 Å². The zero-order chi connectivity index (χ0) is 21.6. The van der Waals surface area contributed by atoms with E-state index in [2.05, 4.69) is 39.7 Å². The third kappa shape index (κ3) is 5.19. The molecular weight excluding hydrogens is 428 g/mol. The highest BCUT2D eigenvalue weighted by Gasteiger charge is 2.23. The second kappa shape index (κ2) is 10.8. The van der Waals surface area contributed by atoms with E-state index in [1.54, 1.807) is 0 Å². The highest BCUT2D eigenvalue weighted by Crippen LogP contribution is 2.24.